The van der Waals surface area contributed by atoms with Gasteiger partial charge in [0.2, 0.25) is 5.91 Å². The summed E-state index contributed by atoms with van der Waals surface area (Å²) in [4.78, 5) is 18.7. The quantitative estimate of drug-likeness (QED) is 0.525. The summed E-state index contributed by atoms with van der Waals surface area (Å²) < 4.78 is 10.7. The largest absolute Gasteiger partial charge is 0.497 e. The summed E-state index contributed by atoms with van der Waals surface area (Å²) in [5.41, 5.74) is 0.747. The van der Waals surface area contributed by atoms with Crippen LogP contribution in [0, 0.1) is 5.41 Å². The molecular formula is C21H34N4O3. The Morgan fingerprint density at radius 3 is 2.46 bits per heavy atom. The minimum Gasteiger partial charge on any atom is -0.497 e. The number of amides is 1. The van der Waals surface area contributed by atoms with E-state index in [1.165, 1.54) is 0 Å². The van der Waals surface area contributed by atoms with Gasteiger partial charge >= 0.3 is 0 Å². The lowest BCUT2D eigenvalue weighted by Crippen LogP contribution is -2.49. The van der Waals surface area contributed by atoms with Crippen LogP contribution >= 0.6 is 0 Å². The lowest BCUT2D eigenvalue weighted by atomic mass is 9.84. The van der Waals surface area contributed by atoms with Crippen molar-refractivity contribution in [3.63, 3.8) is 0 Å². The van der Waals surface area contributed by atoms with Gasteiger partial charge in [0.25, 0.3) is 0 Å². The number of carbonyl (C=O) groups excluding carboxylic acids is 1. The van der Waals surface area contributed by atoms with Gasteiger partial charge in [-0.15, -0.1) is 0 Å². The van der Waals surface area contributed by atoms with E-state index in [1.54, 1.807) is 26.2 Å². The molecule has 7 nitrogen and oxygen atoms in total. The van der Waals surface area contributed by atoms with E-state index in [2.05, 4.69) is 15.6 Å². The molecule has 0 atom stereocenters. The number of guanidine groups is 1. The molecule has 0 spiro atoms. The molecule has 0 unspecified atom stereocenters. The summed E-state index contributed by atoms with van der Waals surface area (Å²) in [6.45, 7) is 1.30. The van der Waals surface area contributed by atoms with Gasteiger partial charge in [-0.3, -0.25) is 9.79 Å². The second kappa shape index (κ2) is 10.2. The number of benzene rings is 1. The molecule has 0 heterocycles. The fraction of sp³-hybridized carbons (Fsp3) is 0.619. The number of hydrogen-bond donors (Lipinski definition) is 2. The van der Waals surface area contributed by atoms with E-state index >= 15 is 0 Å². The van der Waals surface area contributed by atoms with Gasteiger partial charge < -0.3 is 25.0 Å². The zero-order valence-electron chi connectivity index (χ0n) is 17.8. The molecule has 1 amide bonds. The Kier molecular flexibility index (Phi) is 7.96. The number of nitrogens with one attached hydrogen (secondary N) is 2. The molecule has 1 aromatic rings. The number of hydrogen-bond acceptors (Lipinski definition) is 4. The third-order valence-electron chi connectivity index (χ3n) is 5.41. The lowest BCUT2D eigenvalue weighted by molar-refractivity contribution is -0.138. The Balaban J connectivity index is 1.92. The first-order chi connectivity index (χ1) is 13.5. The smallest absolute Gasteiger partial charge is 0.230 e. The Labute approximate surface area is 168 Å². The van der Waals surface area contributed by atoms with Crippen LogP contribution in [0.5, 0.6) is 11.5 Å². The van der Waals surface area contributed by atoms with Crippen LogP contribution in [-0.2, 0) is 11.2 Å². The van der Waals surface area contributed by atoms with Gasteiger partial charge in [-0.05, 0) is 43.0 Å². The molecule has 2 N–H and O–H groups in total. The highest BCUT2D eigenvalue weighted by atomic mass is 16.5. The van der Waals surface area contributed by atoms with Gasteiger partial charge in [0.1, 0.15) is 11.5 Å². The summed E-state index contributed by atoms with van der Waals surface area (Å²) in [5.74, 6) is 2.56. The molecule has 0 aromatic heterocycles. The number of ether oxygens (including phenoxy) is 2. The number of aliphatic imine (C=N–C) groups is 1. The molecule has 0 bridgehead atoms. The van der Waals surface area contributed by atoms with Crippen LogP contribution in [0.4, 0.5) is 0 Å². The maximum Gasteiger partial charge on any atom is 0.230 e. The average molecular weight is 391 g/mol. The predicted molar refractivity (Wildman–Crippen MR) is 112 cm³/mol. The van der Waals surface area contributed by atoms with Gasteiger partial charge in [0, 0.05) is 34.2 Å². The van der Waals surface area contributed by atoms with Crippen LogP contribution in [0.15, 0.2) is 23.2 Å². The maximum absolute atomic E-state index is 12.7. The third-order valence-corrected chi connectivity index (χ3v) is 5.41. The SMILES string of the molecule is CN=C(NCCc1cc(OC)ccc1OC)NCC1(C(=O)N(C)C)CCCC1. The van der Waals surface area contributed by atoms with E-state index in [0.717, 1.165) is 49.2 Å². The van der Waals surface area contributed by atoms with Crippen molar-refractivity contribution in [2.45, 2.75) is 32.1 Å². The van der Waals surface area contributed by atoms with Crippen molar-refractivity contribution in [1.82, 2.24) is 15.5 Å². The van der Waals surface area contributed by atoms with E-state index in [4.69, 9.17) is 9.47 Å². The van der Waals surface area contributed by atoms with Crippen molar-refractivity contribution in [2.75, 3.05) is 48.5 Å². The molecule has 156 valence electrons. The van der Waals surface area contributed by atoms with E-state index in [1.807, 2.05) is 32.3 Å². The normalized spacial score (nSPS) is 15.8. The zero-order chi connectivity index (χ0) is 20.6. The van der Waals surface area contributed by atoms with E-state index in [-0.39, 0.29) is 11.3 Å². The van der Waals surface area contributed by atoms with Crippen LogP contribution < -0.4 is 20.1 Å². The first-order valence-corrected chi connectivity index (χ1v) is 9.83. The van der Waals surface area contributed by atoms with Crippen LogP contribution in [0.2, 0.25) is 0 Å². The van der Waals surface area contributed by atoms with Gasteiger partial charge in [-0.1, -0.05) is 12.8 Å². The molecule has 1 saturated carbocycles. The van der Waals surface area contributed by atoms with E-state index < -0.39 is 0 Å². The molecule has 0 saturated heterocycles. The molecule has 2 rings (SSSR count). The van der Waals surface area contributed by atoms with Crippen molar-refractivity contribution in [1.29, 1.82) is 0 Å². The van der Waals surface area contributed by atoms with Crippen molar-refractivity contribution in [3.8, 4) is 11.5 Å². The highest BCUT2D eigenvalue weighted by Crippen LogP contribution is 2.38. The summed E-state index contributed by atoms with van der Waals surface area (Å²) in [5, 5.41) is 6.69. The molecular weight excluding hydrogens is 356 g/mol. The molecule has 1 aliphatic carbocycles. The fourth-order valence-electron chi connectivity index (χ4n) is 3.86. The predicted octanol–water partition coefficient (Wildman–Crippen LogP) is 2.06. The van der Waals surface area contributed by atoms with Gasteiger partial charge in [-0.25, -0.2) is 0 Å². The lowest BCUT2D eigenvalue weighted by Gasteiger charge is -2.31. The molecule has 0 radical (unpaired) electrons. The van der Waals surface area contributed by atoms with Crippen LogP contribution in [0.1, 0.15) is 31.2 Å². The average Bonchev–Trinajstić information content (AvgIpc) is 3.19. The second-order valence-electron chi connectivity index (χ2n) is 7.47. The molecule has 1 aromatic carbocycles. The Morgan fingerprint density at radius 1 is 1.18 bits per heavy atom. The topological polar surface area (TPSA) is 75.2 Å². The molecule has 7 heteroatoms. The second-order valence-corrected chi connectivity index (χ2v) is 7.47. The van der Waals surface area contributed by atoms with Gasteiger partial charge in [-0.2, -0.15) is 0 Å². The summed E-state index contributed by atoms with van der Waals surface area (Å²) in [6, 6.07) is 5.79. The van der Waals surface area contributed by atoms with Gasteiger partial charge in [0.05, 0.1) is 19.6 Å². The van der Waals surface area contributed by atoms with Crippen LogP contribution in [0.25, 0.3) is 0 Å². The number of nitrogens with zero attached hydrogens (tertiary/aromatic N) is 2. The molecule has 1 aliphatic rings. The monoisotopic (exact) mass is 390 g/mol. The first-order valence-electron chi connectivity index (χ1n) is 9.83. The van der Waals surface area contributed by atoms with E-state index in [9.17, 15) is 4.79 Å². The number of carbonyl (C=O) groups is 1. The Morgan fingerprint density at radius 2 is 1.89 bits per heavy atom. The third kappa shape index (κ3) is 5.30. The van der Waals surface area contributed by atoms with Crippen LogP contribution in [-0.4, -0.2) is 65.2 Å². The minimum absolute atomic E-state index is 0.203. The van der Waals surface area contributed by atoms with Crippen molar-refractivity contribution in [3.05, 3.63) is 23.8 Å². The standard InChI is InChI=1S/C21H34N4O3/c1-22-20(24-15-21(11-6-7-12-21)19(26)25(2)3)23-13-10-16-14-17(27-4)8-9-18(16)28-5/h8-9,14H,6-7,10-13,15H2,1-5H3,(H2,22,23,24). The fourth-order valence-corrected chi connectivity index (χ4v) is 3.86. The summed E-state index contributed by atoms with van der Waals surface area (Å²) in [6.07, 6.45) is 4.82. The summed E-state index contributed by atoms with van der Waals surface area (Å²) in [7, 11) is 8.73. The Hall–Kier alpha value is -2.44. The highest BCUT2D eigenvalue weighted by Gasteiger charge is 2.42. The number of rotatable bonds is 8. The van der Waals surface area contributed by atoms with Crippen LogP contribution in [0.3, 0.4) is 0 Å². The molecule has 0 aliphatic heterocycles. The summed E-state index contributed by atoms with van der Waals surface area (Å²) >= 11 is 0. The van der Waals surface area contributed by atoms with Crippen molar-refractivity contribution in [2.24, 2.45) is 10.4 Å². The van der Waals surface area contributed by atoms with E-state index in [0.29, 0.717) is 19.0 Å². The Bertz CT molecular complexity index is 682. The zero-order valence-corrected chi connectivity index (χ0v) is 17.8. The highest BCUT2D eigenvalue weighted by molar-refractivity contribution is 5.85. The number of methoxy groups -OCH3 is 2. The maximum atomic E-state index is 12.7. The van der Waals surface area contributed by atoms with Gasteiger partial charge in [0.15, 0.2) is 5.96 Å². The van der Waals surface area contributed by atoms with Crippen molar-refractivity contribution >= 4 is 11.9 Å². The molecule has 28 heavy (non-hydrogen) atoms. The first kappa shape index (κ1) is 21.9. The minimum atomic E-state index is -0.322. The molecule has 1 fully saturated rings. The van der Waals surface area contributed by atoms with Crippen molar-refractivity contribution < 1.29 is 14.3 Å².